The van der Waals surface area contributed by atoms with Crippen LogP contribution in [0.1, 0.15) is 15.9 Å². The maximum Gasteiger partial charge on any atom is 0.335 e. The van der Waals surface area contributed by atoms with Crippen molar-refractivity contribution in [3.63, 3.8) is 0 Å². The van der Waals surface area contributed by atoms with Gasteiger partial charge in [0.15, 0.2) is 0 Å². The summed E-state index contributed by atoms with van der Waals surface area (Å²) in [5.41, 5.74) is 2.31. The van der Waals surface area contributed by atoms with Crippen molar-refractivity contribution < 1.29 is 18.3 Å². The number of rotatable bonds is 5. The second kappa shape index (κ2) is 8.38. The molecule has 0 radical (unpaired) electrons. The molecule has 4 rings (SSSR count). The van der Waals surface area contributed by atoms with E-state index in [2.05, 4.69) is 10.3 Å². The number of sulfone groups is 1. The quantitative estimate of drug-likeness (QED) is 0.420. The predicted octanol–water partition coefficient (Wildman–Crippen LogP) is 5.08. The summed E-state index contributed by atoms with van der Waals surface area (Å²) in [6, 6.07) is 17.2. The number of nitrogens with zero attached hydrogens (tertiary/aromatic N) is 3. The molecule has 1 aromatic heterocycles. The minimum Gasteiger partial charge on any atom is -0.478 e. The largest absolute Gasteiger partial charge is 0.478 e. The first-order valence-electron chi connectivity index (χ1n) is 9.25. The van der Waals surface area contributed by atoms with Crippen molar-refractivity contribution in [1.82, 2.24) is 15.0 Å². The number of halogens is 2. The normalized spacial score (nSPS) is 11.5. The lowest BCUT2D eigenvalue weighted by molar-refractivity contribution is 0.0697. The number of hydrogen-bond donors (Lipinski definition) is 1. The maximum absolute atomic E-state index is 13.5. The summed E-state index contributed by atoms with van der Waals surface area (Å²) in [5.74, 6) is -1.07. The highest BCUT2D eigenvalue weighted by molar-refractivity contribution is 7.91. The molecule has 0 saturated carbocycles. The smallest absolute Gasteiger partial charge is 0.335 e. The molecule has 0 spiro atoms. The van der Waals surface area contributed by atoms with Crippen LogP contribution in [0.5, 0.6) is 0 Å². The lowest BCUT2D eigenvalue weighted by Crippen LogP contribution is -2.07. The monoisotopic (exact) mass is 487 g/mol. The van der Waals surface area contributed by atoms with E-state index < -0.39 is 15.8 Å². The zero-order valence-corrected chi connectivity index (χ0v) is 18.9. The fourth-order valence-corrected chi connectivity index (χ4v) is 5.22. The first kappa shape index (κ1) is 22.0. The summed E-state index contributed by atoms with van der Waals surface area (Å²) < 4.78 is 28.3. The van der Waals surface area contributed by atoms with Crippen LogP contribution in [-0.2, 0) is 9.84 Å². The molecule has 1 heterocycles. The Labute approximate surface area is 193 Å². The Morgan fingerprint density at radius 2 is 1.62 bits per heavy atom. The van der Waals surface area contributed by atoms with Gasteiger partial charge in [-0.1, -0.05) is 58.2 Å². The van der Waals surface area contributed by atoms with E-state index in [9.17, 15) is 13.2 Å². The third kappa shape index (κ3) is 4.00. The van der Waals surface area contributed by atoms with Gasteiger partial charge in [-0.05, 0) is 49.4 Å². The van der Waals surface area contributed by atoms with Crippen molar-refractivity contribution in [1.29, 1.82) is 0 Å². The predicted molar refractivity (Wildman–Crippen MR) is 120 cm³/mol. The van der Waals surface area contributed by atoms with Gasteiger partial charge in [0.1, 0.15) is 5.69 Å². The van der Waals surface area contributed by atoms with Crippen LogP contribution >= 0.6 is 23.2 Å². The average molecular weight is 488 g/mol. The highest BCUT2D eigenvalue weighted by Gasteiger charge is 2.30. The Balaban J connectivity index is 1.96. The third-order valence-corrected chi connectivity index (χ3v) is 7.14. The number of aryl methyl sites for hydroxylation is 1. The van der Waals surface area contributed by atoms with Gasteiger partial charge in [0, 0.05) is 10.6 Å². The first-order valence-corrected chi connectivity index (χ1v) is 11.5. The van der Waals surface area contributed by atoms with Gasteiger partial charge in [-0.25, -0.2) is 17.9 Å². The number of carboxylic acid groups (broad SMARTS) is 1. The minimum absolute atomic E-state index is 0.0345. The SMILES string of the molecule is Cc1ccc(-c2c(S(=O)(=O)c3ccc(Cl)cc3Cl)nnn2-c2ccc(C(=O)O)cc2)cc1. The van der Waals surface area contributed by atoms with Crippen molar-refractivity contribution in [2.24, 2.45) is 0 Å². The van der Waals surface area contributed by atoms with Crippen LogP contribution in [0.3, 0.4) is 0 Å². The van der Waals surface area contributed by atoms with E-state index in [4.69, 9.17) is 28.3 Å². The highest BCUT2D eigenvalue weighted by atomic mass is 35.5. The van der Waals surface area contributed by atoms with Crippen LogP contribution in [0.4, 0.5) is 0 Å². The number of aromatic carboxylic acids is 1. The van der Waals surface area contributed by atoms with Gasteiger partial charge in [-0.3, -0.25) is 0 Å². The summed E-state index contributed by atoms with van der Waals surface area (Å²) >= 11 is 12.1. The van der Waals surface area contributed by atoms with Crippen molar-refractivity contribution in [3.8, 4) is 16.9 Å². The molecule has 0 aliphatic rings. The van der Waals surface area contributed by atoms with Crippen LogP contribution in [0, 0.1) is 6.92 Å². The van der Waals surface area contributed by atoms with Crippen LogP contribution in [0.2, 0.25) is 10.0 Å². The van der Waals surface area contributed by atoms with Crippen molar-refractivity contribution in [3.05, 3.63) is 87.9 Å². The summed E-state index contributed by atoms with van der Waals surface area (Å²) in [4.78, 5) is 11.0. The standard InChI is InChI=1S/C22H15Cl2N3O4S/c1-13-2-4-14(5-3-13)20-21(32(30,31)19-11-8-16(23)12-18(19)24)25-26-27(20)17-9-6-15(7-10-17)22(28)29/h2-12H,1H3,(H,28,29). The zero-order valence-electron chi connectivity index (χ0n) is 16.5. The molecule has 7 nitrogen and oxygen atoms in total. The molecule has 10 heteroatoms. The molecule has 0 saturated heterocycles. The van der Waals surface area contributed by atoms with Crippen LogP contribution in [0.25, 0.3) is 16.9 Å². The number of hydrogen-bond acceptors (Lipinski definition) is 5. The van der Waals surface area contributed by atoms with Gasteiger partial charge in [0.05, 0.1) is 21.2 Å². The molecule has 162 valence electrons. The van der Waals surface area contributed by atoms with Crippen molar-refractivity contribution in [2.75, 3.05) is 0 Å². The van der Waals surface area contributed by atoms with E-state index in [0.29, 0.717) is 16.3 Å². The van der Waals surface area contributed by atoms with Crippen molar-refractivity contribution >= 4 is 39.0 Å². The molecular weight excluding hydrogens is 473 g/mol. The Hall–Kier alpha value is -3.20. The summed E-state index contributed by atoms with van der Waals surface area (Å²) in [6.07, 6.45) is 0. The van der Waals surface area contributed by atoms with E-state index in [1.54, 1.807) is 12.1 Å². The number of aromatic nitrogens is 3. The number of carbonyl (C=O) groups is 1. The molecule has 1 N–H and O–H groups in total. The second-order valence-corrected chi connectivity index (χ2v) is 9.63. The van der Waals surface area contributed by atoms with Gasteiger partial charge in [-0.2, -0.15) is 0 Å². The Kier molecular flexibility index (Phi) is 5.77. The average Bonchev–Trinajstić information content (AvgIpc) is 3.20. The minimum atomic E-state index is -4.16. The van der Waals surface area contributed by atoms with Crippen LogP contribution < -0.4 is 0 Å². The van der Waals surface area contributed by atoms with E-state index in [0.717, 1.165) is 5.56 Å². The molecular formula is C22H15Cl2N3O4S. The summed E-state index contributed by atoms with van der Waals surface area (Å²) in [5, 5.41) is 17.2. The molecule has 0 fully saturated rings. The van der Waals surface area contributed by atoms with Gasteiger partial charge >= 0.3 is 5.97 Å². The third-order valence-electron chi connectivity index (χ3n) is 4.76. The fourth-order valence-electron chi connectivity index (χ4n) is 3.13. The number of carboxylic acids is 1. The number of benzene rings is 3. The lowest BCUT2D eigenvalue weighted by Gasteiger charge is -2.10. The molecule has 0 amide bonds. The Morgan fingerprint density at radius 3 is 2.22 bits per heavy atom. The van der Waals surface area contributed by atoms with E-state index in [1.807, 2.05) is 19.1 Å². The second-order valence-electron chi connectivity index (χ2n) is 6.95. The van der Waals surface area contributed by atoms with Crippen molar-refractivity contribution in [2.45, 2.75) is 16.8 Å². The van der Waals surface area contributed by atoms with E-state index in [1.165, 1.54) is 47.1 Å². The fraction of sp³-hybridized carbons (Fsp3) is 0.0455. The summed E-state index contributed by atoms with van der Waals surface area (Å²) in [7, 11) is -4.16. The molecule has 32 heavy (non-hydrogen) atoms. The summed E-state index contributed by atoms with van der Waals surface area (Å²) in [6.45, 7) is 1.91. The van der Waals surface area contributed by atoms with Crippen LogP contribution in [0.15, 0.2) is 76.7 Å². The molecule has 0 aliphatic carbocycles. The first-order chi connectivity index (χ1) is 15.2. The maximum atomic E-state index is 13.5. The molecule has 3 aromatic carbocycles. The van der Waals surface area contributed by atoms with Gasteiger partial charge < -0.3 is 5.11 Å². The van der Waals surface area contributed by atoms with Gasteiger partial charge in [0.25, 0.3) is 0 Å². The zero-order chi connectivity index (χ0) is 23.0. The van der Waals surface area contributed by atoms with Gasteiger partial charge in [-0.15, -0.1) is 5.10 Å². The Bertz CT molecular complexity index is 1430. The molecule has 0 unspecified atom stereocenters. The van der Waals surface area contributed by atoms with E-state index >= 15 is 0 Å². The molecule has 4 aromatic rings. The highest BCUT2D eigenvalue weighted by Crippen LogP contribution is 2.35. The topological polar surface area (TPSA) is 102 Å². The Morgan fingerprint density at radius 1 is 0.969 bits per heavy atom. The van der Waals surface area contributed by atoms with Gasteiger partial charge in [0.2, 0.25) is 14.9 Å². The molecule has 0 atom stereocenters. The van der Waals surface area contributed by atoms with E-state index in [-0.39, 0.29) is 26.2 Å². The lowest BCUT2D eigenvalue weighted by atomic mass is 10.1. The van der Waals surface area contributed by atoms with Crippen LogP contribution in [-0.4, -0.2) is 34.5 Å². The molecule has 0 aliphatic heterocycles. The molecule has 0 bridgehead atoms.